The minimum atomic E-state index is -4.75. The average Bonchev–Trinajstić information content (AvgIpc) is 3.21. The molecule has 32 heavy (non-hydrogen) atoms. The Morgan fingerprint density at radius 2 is 1.56 bits per heavy atom. The summed E-state index contributed by atoms with van der Waals surface area (Å²) in [6.07, 6.45) is -4.75. The zero-order chi connectivity index (χ0) is 22.9. The van der Waals surface area contributed by atoms with Gasteiger partial charge in [0.05, 0.1) is 5.56 Å². The molecule has 0 fully saturated rings. The lowest BCUT2D eigenvalue weighted by Crippen LogP contribution is -2.13. The second-order valence-electron chi connectivity index (χ2n) is 6.72. The predicted octanol–water partition coefficient (Wildman–Crippen LogP) is 6.56. The van der Waals surface area contributed by atoms with Gasteiger partial charge in [0.25, 0.3) is 5.91 Å². The fourth-order valence-corrected chi connectivity index (χ4v) is 3.00. The quantitative estimate of drug-likeness (QED) is 0.363. The number of halogens is 5. The molecule has 0 spiro atoms. The van der Waals surface area contributed by atoms with Crippen molar-refractivity contribution < 1.29 is 31.2 Å². The number of carbonyl (C=O) groups excluding carboxylic acids is 1. The highest BCUT2D eigenvalue weighted by Gasteiger charge is 2.40. The number of oxazole rings is 1. The zero-order valence-electron chi connectivity index (χ0n) is 16.1. The molecule has 162 valence electrons. The third-order valence-electron chi connectivity index (χ3n) is 4.50. The molecule has 9 heteroatoms. The first-order valence-electron chi connectivity index (χ1n) is 9.22. The van der Waals surface area contributed by atoms with Gasteiger partial charge in [-0.15, -0.1) is 0 Å². The summed E-state index contributed by atoms with van der Waals surface area (Å²) in [6, 6.07) is 16.0. The first-order chi connectivity index (χ1) is 15.2. The molecule has 0 aliphatic heterocycles. The van der Waals surface area contributed by atoms with Gasteiger partial charge in [-0.2, -0.15) is 13.2 Å². The van der Waals surface area contributed by atoms with E-state index in [0.717, 1.165) is 12.1 Å². The summed E-state index contributed by atoms with van der Waals surface area (Å²) in [5.74, 6) is -4.12. The molecule has 0 saturated heterocycles. The van der Waals surface area contributed by atoms with Crippen LogP contribution in [0.5, 0.6) is 0 Å². The van der Waals surface area contributed by atoms with Gasteiger partial charge in [0, 0.05) is 22.9 Å². The maximum Gasteiger partial charge on any atom is 0.451 e. The topological polar surface area (TPSA) is 55.1 Å². The van der Waals surface area contributed by atoms with E-state index in [4.69, 9.17) is 4.42 Å². The highest BCUT2D eigenvalue weighted by molar-refractivity contribution is 6.04. The molecule has 1 heterocycles. The van der Waals surface area contributed by atoms with Crippen molar-refractivity contribution in [3.63, 3.8) is 0 Å². The van der Waals surface area contributed by atoms with E-state index in [9.17, 15) is 26.7 Å². The van der Waals surface area contributed by atoms with Crippen molar-refractivity contribution in [2.24, 2.45) is 0 Å². The van der Waals surface area contributed by atoms with Gasteiger partial charge < -0.3 is 9.73 Å². The van der Waals surface area contributed by atoms with E-state index in [1.54, 1.807) is 18.2 Å². The second-order valence-corrected chi connectivity index (χ2v) is 6.72. The summed E-state index contributed by atoms with van der Waals surface area (Å²) >= 11 is 0. The van der Waals surface area contributed by atoms with Crippen LogP contribution in [0.15, 0.2) is 77.2 Å². The Morgan fingerprint density at radius 3 is 2.19 bits per heavy atom. The van der Waals surface area contributed by atoms with Gasteiger partial charge in [0.15, 0.2) is 0 Å². The van der Waals surface area contributed by atoms with Gasteiger partial charge in [0.1, 0.15) is 17.3 Å². The number of hydrogen-bond donors (Lipinski definition) is 1. The number of carbonyl (C=O) groups is 1. The number of amides is 1. The SMILES string of the molecule is O=C(Nc1ccc(-c2nc(-c3ccccc3)c(C(F)(F)F)o2)cc1)c1ccc(F)cc1F. The molecule has 4 rings (SSSR count). The number of benzene rings is 3. The van der Waals surface area contributed by atoms with E-state index < -0.39 is 29.5 Å². The van der Waals surface area contributed by atoms with Crippen molar-refractivity contribution in [1.29, 1.82) is 0 Å². The fourth-order valence-electron chi connectivity index (χ4n) is 3.00. The number of aromatic nitrogens is 1. The van der Waals surface area contributed by atoms with E-state index in [2.05, 4.69) is 10.3 Å². The number of anilines is 1. The molecule has 0 aliphatic carbocycles. The van der Waals surface area contributed by atoms with Crippen molar-refractivity contribution in [2.45, 2.75) is 6.18 Å². The molecule has 0 aliphatic rings. The molecule has 4 nitrogen and oxygen atoms in total. The van der Waals surface area contributed by atoms with Crippen LogP contribution in [0.25, 0.3) is 22.7 Å². The normalized spacial score (nSPS) is 11.4. The van der Waals surface area contributed by atoms with Crippen molar-refractivity contribution in [3.8, 4) is 22.7 Å². The van der Waals surface area contributed by atoms with Gasteiger partial charge in [-0.1, -0.05) is 30.3 Å². The Bertz CT molecular complexity index is 1270. The lowest BCUT2D eigenvalue weighted by atomic mass is 10.1. The molecule has 0 radical (unpaired) electrons. The van der Waals surface area contributed by atoms with Gasteiger partial charge >= 0.3 is 6.18 Å². The van der Waals surface area contributed by atoms with Crippen LogP contribution in [0, 0.1) is 11.6 Å². The number of nitrogens with one attached hydrogen (secondary N) is 1. The minimum Gasteiger partial charge on any atom is -0.431 e. The molecule has 0 saturated carbocycles. The van der Waals surface area contributed by atoms with Crippen LogP contribution in [0.3, 0.4) is 0 Å². The summed E-state index contributed by atoms with van der Waals surface area (Å²) in [4.78, 5) is 16.2. The molecule has 4 aromatic rings. The van der Waals surface area contributed by atoms with Crippen LogP contribution in [0.4, 0.5) is 27.6 Å². The Balaban J connectivity index is 1.60. The Labute approximate surface area is 178 Å². The van der Waals surface area contributed by atoms with E-state index >= 15 is 0 Å². The van der Waals surface area contributed by atoms with Crippen LogP contribution in [0.2, 0.25) is 0 Å². The largest absolute Gasteiger partial charge is 0.451 e. The van der Waals surface area contributed by atoms with Gasteiger partial charge in [-0.3, -0.25) is 4.79 Å². The summed E-state index contributed by atoms with van der Waals surface area (Å²) in [6.45, 7) is 0. The average molecular weight is 444 g/mol. The number of nitrogens with zero attached hydrogens (tertiary/aromatic N) is 1. The Hall–Kier alpha value is -4.01. The minimum absolute atomic E-state index is 0.239. The van der Waals surface area contributed by atoms with Crippen molar-refractivity contribution in [2.75, 3.05) is 5.32 Å². The third kappa shape index (κ3) is 4.36. The van der Waals surface area contributed by atoms with Crippen LogP contribution < -0.4 is 5.32 Å². The van der Waals surface area contributed by atoms with Crippen LogP contribution in [0.1, 0.15) is 16.1 Å². The lowest BCUT2D eigenvalue weighted by Gasteiger charge is -2.07. The molecule has 0 bridgehead atoms. The van der Waals surface area contributed by atoms with Gasteiger partial charge in [-0.25, -0.2) is 13.8 Å². The van der Waals surface area contributed by atoms with Crippen molar-refractivity contribution >= 4 is 11.6 Å². The summed E-state index contributed by atoms with van der Waals surface area (Å²) in [5.41, 5.74) is 0.0415. The molecule has 0 unspecified atom stereocenters. The smallest absolute Gasteiger partial charge is 0.431 e. The second kappa shape index (κ2) is 8.26. The first kappa shape index (κ1) is 21.2. The van der Waals surface area contributed by atoms with E-state index in [1.807, 2.05) is 0 Å². The zero-order valence-corrected chi connectivity index (χ0v) is 16.1. The summed E-state index contributed by atoms with van der Waals surface area (Å²) in [7, 11) is 0. The highest BCUT2D eigenvalue weighted by Crippen LogP contribution is 2.39. The molecular formula is C23H13F5N2O2. The number of rotatable bonds is 4. The maximum atomic E-state index is 13.8. The summed E-state index contributed by atoms with van der Waals surface area (Å²) < 4.78 is 72.1. The van der Waals surface area contributed by atoms with Crippen LogP contribution in [-0.4, -0.2) is 10.9 Å². The van der Waals surface area contributed by atoms with Crippen LogP contribution >= 0.6 is 0 Å². The molecule has 1 amide bonds. The number of alkyl halides is 3. The number of hydrogen-bond acceptors (Lipinski definition) is 3. The highest BCUT2D eigenvalue weighted by atomic mass is 19.4. The van der Waals surface area contributed by atoms with Gasteiger partial charge in [0.2, 0.25) is 11.7 Å². The lowest BCUT2D eigenvalue weighted by molar-refractivity contribution is -0.152. The predicted molar refractivity (Wildman–Crippen MR) is 107 cm³/mol. The fraction of sp³-hybridized carbons (Fsp3) is 0.0435. The van der Waals surface area contributed by atoms with Crippen LogP contribution in [-0.2, 0) is 6.18 Å². The van der Waals surface area contributed by atoms with E-state index in [1.165, 1.54) is 36.4 Å². The maximum absolute atomic E-state index is 13.8. The van der Waals surface area contributed by atoms with E-state index in [0.29, 0.717) is 6.07 Å². The van der Waals surface area contributed by atoms with Crippen molar-refractivity contribution in [3.05, 3.63) is 95.8 Å². The standard InChI is InChI=1S/C23H13F5N2O2/c24-15-8-11-17(18(25)12-15)21(31)29-16-9-6-14(7-10-16)22-30-19(13-4-2-1-3-5-13)20(32-22)23(26,27)28/h1-12H,(H,29,31). The van der Waals surface area contributed by atoms with Crippen molar-refractivity contribution in [1.82, 2.24) is 4.98 Å². The molecule has 0 atom stereocenters. The Morgan fingerprint density at radius 1 is 0.875 bits per heavy atom. The van der Waals surface area contributed by atoms with Gasteiger partial charge in [-0.05, 0) is 36.4 Å². The molecule has 1 N–H and O–H groups in total. The van der Waals surface area contributed by atoms with E-state index in [-0.39, 0.29) is 34.0 Å². The molecule has 1 aromatic heterocycles. The first-order valence-corrected chi connectivity index (χ1v) is 9.22. The third-order valence-corrected chi connectivity index (χ3v) is 4.50. The monoisotopic (exact) mass is 444 g/mol. The summed E-state index contributed by atoms with van der Waals surface area (Å²) in [5, 5.41) is 2.43. The molecular weight excluding hydrogens is 431 g/mol. The Kier molecular flexibility index (Phi) is 5.48. The molecule has 3 aromatic carbocycles.